The lowest BCUT2D eigenvalue weighted by atomic mass is 9.99. The fourth-order valence-electron chi connectivity index (χ4n) is 6.43. The molecule has 0 bridgehead atoms. The van der Waals surface area contributed by atoms with Crippen molar-refractivity contribution in [3.63, 3.8) is 0 Å². The quantitative estimate of drug-likeness (QED) is 0.199. The van der Waals surface area contributed by atoms with Crippen molar-refractivity contribution >= 4 is 58.8 Å². The van der Waals surface area contributed by atoms with E-state index in [2.05, 4.69) is 145 Å². The zero-order valence-electron chi connectivity index (χ0n) is 23.5. The Morgan fingerprint density at radius 2 is 1.19 bits per heavy atom. The summed E-state index contributed by atoms with van der Waals surface area (Å²) in [5.74, 6) is 0.848. The monoisotopic (exact) mass is 567 g/mol. The summed E-state index contributed by atoms with van der Waals surface area (Å²) < 4.78 is 4.87. The first-order chi connectivity index (χ1) is 21.2. The van der Waals surface area contributed by atoms with Gasteiger partial charge in [-0.1, -0.05) is 121 Å². The number of benzene rings is 6. The van der Waals surface area contributed by atoms with Gasteiger partial charge in [0.05, 0.1) is 5.52 Å². The van der Waals surface area contributed by atoms with Gasteiger partial charge in [-0.05, 0) is 52.8 Å². The molecule has 0 spiro atoms. The van der Waals surface area contributed by atoms with Crippen LogP contribution in [0.4, 0.5) is 0 Å². The first kappa shape index (κ1) is 24.3. The van der Waals surface area contributed by atoms with Gasteiger partial charge in [-0.25, -0.2) is 0 Å². The maximum Gasteiger partial charge on any atom is 0.169 e. The third-order valence-corrected chi connectivity index (χ3v) is 9.82. The summed E-state index contributed by atoms with van der Waals surface area (Å²) in [5, 5.41) is 15.6. The number of nitrogens with zero attached hydrogens (tertiary/aromatic N) is 3. The number of aryl methyl sites for hydroxylation is 1. The van der Waals surface area contributed by atoms with E-state index in [1.807, 2.05) is 11.3 Å². The number of thiophene rings is 1. The van der Waals surface area contributed by atoms with Gasteiger partial charge in [0, 0.05) is 36.5 Å². The first-order valence-corrected chi connectivity index (χ1v) is 15.3. The van der Waals surface area contributed by atoms with E-state index in [-0.39, 0.29) is 0 Å². The van der Waals surface area contributed by atoms with Gasteiger partial charge in [-0.15, -0.1) is 21.5 Å². The molecule has 0 fully saturated rings. The van der Waals surface area contributed by atoms with Gasteiger partial charge in [0.1, 0.15) is 0 Å². The maximum absolute atomic E-state index is 4.75. The standard InChI is InChI=1S/C39H25N3S/c1-24-13-15-25(16-14-24)28-21-22-35-34(23-28)30-7-2-3-9-33(30)39-41-40-38(42(35)39)27-19-17-26(18-20-27)29-10-6-11-32-31-8-4-5-12-36(31)43-37(29)32/h2-23H,1H3. The molecule has 0 atom stereocenters. The van der Waals surface area contributed by atoms with E-state index >= 15 is 0 Å². The molecule has 0 amide bonds. The molecular weight excluding hydrogens is 543 g/mol. The van der Waals surface area contributed by atoms with Gasteiger partial charge in [0.15, 0.2) is 11.5 Å². The van der Waals surface area contributed by atoms with Crippen LogP contribution in [0.1, 0.15) is 5.56 Å². The first-order valence-electron chi connectivity index (χ1n) is 14.5. The van der Waals surface area contributed by atoms with Crippen LogP contribution in [0, 0.1) is 6.92 Å². The fourth-order valence-corrected chi connectivity index (χ4v) is 7.67. The summed E-state index contributed by atoms with van der Waals surface area (Å²) in [5.41, 5.74) is 9.15. The third-order valence-electron chi connectivity index (χ3n) is 8.60. The van der Waals surface area contributed by atoms with Crippen LogP contribution < -0.4 is 0 Å². The van der Waals surface area contributed by atoms with Crippen LogP contribution in [0.15, 0.2) is 133 Å². The molecule has 9 rings (SSSR count). The average Bonchev–Trinajstić information content (AvgIpc) is 3.68. The summed E-state index contributed by atoms with van der Waals surface area (Å²) in [4.78, 5) is 0. The number of pyridine rings is 1. The molecule has 3 nitrogen and oxygen atoms in total. The molecule has 43 heavy (non-hydrogen) atoms. The highest BCUT2D eigenvalue weighted by Gasteiger charge is 2.17. The summed E-state index contributed by atoms with van der Waals surface area (Å²) in [6, 6.07) is 48.1. The fraction of sp³-hybridized carbons (Fsp3) is 0.0256. The predicted molar refractivity (Wildman–Crippen MR) is 182 cm³/mol. The Kier molecular flexibility index (Phi) is 5.28. The SMILES string of the molecule is Cc1ccc(-c2ccc3c(c2)c2ccccc2c2nnc(-c4ccc(-c5cccc6c5sc5ccccc56)cc4)n32)cc1. The molecular formula is C39H25N3S. The van der Waals surface area contributed by atoms with Crippen molar-refractivity contribution in [3.8, 4) is 33.6 Å². The smallest absolute Gasteiger partial charge is 0.169 e. The van der Waals surface area contributed by atoms with Gasteiger partial charge in [-0.3, -0.25) is 4.40 Å². The zero-order valence-corrected chi connectivity index (χ0v) is 24.3. The molecule has 0 saturated carbocycles. The van der Waals surface area contributed by atoms with Crippen LogP contribution in [-0.4, -0.2) is 14.6 Å². The lowest BCUT2D eigenvalue weighted by molar-refractivity contribution is 1.12. The van der Waals surface area contributed by atoms with Gasteiger partial charge < -0.3 is 0 Å². The van der Waals surface area contributed by atoms with Gasteiger partial charge >= 0.3 is 0 Å². The van der Waals surface area contributed by atoms with Crippen LogP contribution in [-0.2, 0) is 0 Å². The van der Waals surface area contributed by atoms with Gasteiger partial charge in [0.2, 0.25) is 0 Å². The molecule has 0 radical (unpaired) electrons. The van der Waals surface area contributed by atoms with Crippen molar-refractivity contribution in [1.82, 2.24) is 14.6 Å². The van der Waals surface area contributed by atoms with Crippen LogP contribution in [0.3, 0.4) is 0 Å². The van der Waals surface area contributed by atoms with Gasteiger partial charge in [0.25, 0.3) is 0 Å². The number of hydrogen-bond donors (Lipinski definition) is 0. The van der Waals surface area contributed by atoms with Crippen molar-refractivity contribution in [2.45, 2.75) is 6.92 Å². The molecule has 3 heterocycles. The number of hydrogen-bond acceptors (Lipinski definition) is 3. The molecule has 4 heteroatoms. The minimum atomic E-state index is 0.848. The number of fused-ring (bicyclic) bond motifs is 9. The molecule has 0 saturated heterocycles. The van der Waals surface area contributed by atoms with Crippen molar-refractivity contribution < 1.29 is 0 Å². The highest BCUT2D eigenvalue weighted by Crippen LogP contribution is 2.40. The predicted octanol–water partition coefficient (Wildman–Crippen LogP) is 10.7. The molecule has 202 valence electrons. The molecule has 0 aliphatic carbocycles. The molecule has 0 aliphatic heterocycles. The second-order valence-corrected chi connectivity index (χ2v) is 12.2. The minimum absolute atomic E-state index is 0.848. The lowest BCUT2D eigenvalue weighted by Gasteiger charge is -2.12. The Labute approximate surface area is 252 Å². The third kappa shape index (κ3) is 3.73. The molecule has 3 aromatic heterocycles. The Hall–Kier alpha value is -5.32. The van der Waals surface area contributed by atoms with Crippen molar-refractivity contribution in [3.05, 3.63) is 139 Å². The van der Waals surface area contributed by atoms with Crippen LogP contribution in [0.2, 0.25) is 0 Å². The molecule has 6 aromatic carbocycles. The molecule has 0 aliphatic rings. The minimum Gasteiger partial charge on any atom is -0.274 e. The van der Waals surface area contributed by atoms with E-state index in [0.717, 1.165) is 27.9 Å². The normalized spacial score (nSPS) is 11.8. The van der Waals surface area contributed by atoms with Crippen molar-refractivity contribution in [2.75, 3.05) is 0 Å². The second kappa shape index (κ2) is 9.35. The van der Waals surface area contributed by atoms with Crippen LogP contribution in [0.5, 0.6) is 0 Å². The summed E-state index contributed by atoms with van der Waals surface area (Å²) in [7, 11) is 0. The molecule has 9 aromatic rings. The van der Waals surface area contributed by atoms with E-state index in [9.17, 15) is 0 Å². The molecule has 0 N–H and O–H groups in total. The van der Waals surface area contributed by atoms with Crippen LogP contribution >= 0.6 is 11.3 Å². The topological polar surface area (TPSA) is 30.2 Å². The largest absolute Gasteiger partial charge is 0.274 e. The zero-order chi connectivity index (χ0) is 28.5. The van der Waals surface area contributed by atoms with Crippen molar-refractivity contribution in [1.29, 1.82) is 0 Å². The Bertz CT molecular complexity index is 2500. The second-order valence-electron chi connectivity index (χ2n) is 11.2. The molecule has 0 unspecified atom stereocenters. The Morgan fingerprint density at radius 1 is 0.512 bits per heavy atom. The van der Waals surface area contributed by atoms with E-state index in [4.69, 9.17) is 10.2 Å². The number of aromatic nitrogens is 3. The summed E-state index contributed by atoms with van der Waals surface area (Å²) >= 11 is 1.86. The highest BCUT2D eigenvalue weighted by molar-refractivity contribution is 7.26. The summed E-state index contributed by atoms with van der Waals surface area (Å²) in [6.45, 7) is 2.12. The maximum atomic E-state index is 4.75. The highest BCUT2D eigenvalue weighted by atomic mass is 32.1. The average molecular weight is 568 g/mol. The van der Waals surface area contributed by atoms with E-state index in [1.165, 1.54) is 58.8 Å². The van der Waals surface area contributed by atoms with E-state index in [0.29, 0.717) is 0 Å². The number of rotatable bonds is 3. The van der Waals surface area contributed by atoms with E-state index in [1.54, 1.807) is 0 Å². The van der Waals surface area contributed by atoms with Gasteiger partial charge in [-0.2, -0.15) is 0 Å². The lowest BCUT2D eigenvalue weighted by Crippen LogP contribution is -1.95. The Balaban J connectivity index is 1.22. The van der Waals surface area contributed by atoms with Crippen molar-refractivity contribution in [2.24, 2.45) is 0 Å². The summed E-state index contributed by atoms with van der Waals surface area (Å²) in [6.07, 6.45) is 0. The van der Waals surface area contributed by atoms with Crippen LogP contribution in [0.25, 0.3) is 81.1 Å². The Morgan fingerprint density at radius 3 is 2.02 bits per heavy atom. The van der Waals surface area contributed by atoms with E-state index < -0.39 is 0 Å².